The van der Waals surface area contributed by atoms with E-state index in [0.717, 1.165) is 19.3 Å². The number of allylic oxidation sites excluding steroid dienone is 1. The molecule has 0 aromatic heterocycles. The number of rotatable bonds is 2. The fourth-order valence-corrected chi connectivity index (χ4v) is 9.21. The monoisotopic (exact) mass is 460 g/mol. The van der Waals surface area contributed by atoms with Crippen LogP contribution in [-0.2, 0) is 23.8 Å². The number of hydrogen-bond donors (Lipinski definition) is 1. The van der Waals surface area contributed by atoms with Crippen molar-refractivity contribution in [2.45, 2.75) is 84.7 Å². The van der Waals surface area contributed by atoms with Crippen LogP contribution in [-0.4, -0.2) is 54.5 Å². The Morgan fingerprint density at radius 1 is 1.21 bits per heavy atom. The number of hydrogen-bond acceptors (Lipinski definition) is 6. The summed E-state index contributed by atoms with van der Waals surface area (Å²) in [5.74, 6) is 1.19. The highest BCUT2D eigenvalue weighted by molar-refractivity contribution is 5.92. The summed E-state index contributed by atoms with van der Waals surface area (Å²) < 4.78 is 18.1. The highest BCUT2D eigenvalue weighted by Crippen LogP contribution is 2.70. The van der Waals surface area contributed by atoms with Crippen molar-refractivity contribution in [3.63, 3.8) is 0 Å². The Bertz CT molecular complexity index is 867. The van der Waals surface area contributed by atoms with Crippen LogP contribution in [0.5, 0.6) is 0 Å². The SMILES string of the molecule is CCOC1COCC(=O)[C@@]2(O1)[C@@H](C)C[C@H]1[C@@H]3C[C@H](C)C4=CC(=O)CC[C@]4(C)[C@H]3[C@@H](O)C[C@@]12C. The first-order valence-electron chi connectivity index (χ1n) is 12.9. The largest absolute Gasteiger partial charge is 0.393 e. The predicted molar refractivity (Wildman–Crippen MR) is 122 cm³/mol. The minimum atomic E-state index is -1.01. The fourth-order valence-electron chi connectivity index (χ4n) is 9.21. The van der Waals surface area contributed by atoms with Gasteiger partial charge in [-0.2, -0.15) is 0 Å². The van der Waals surface area contributed by atoms with Crippen molar-refractivity contribution in [2.24, 2.45) is 40.4 Å². The third kappa shape index (κ3) is 3.13. The van der Waals surface area contributed by atoms with E-state index in [2.05, 4.69) is 27.7 Å². The molecule has 10 atom stereocenters. The lowest BCUT2D eigenvalue weighted by Gasteiger charge is -2.62. The number of carbonyl (C=O) groups excluding carboxylic acids is 2. The molecule has 0 radical (unpaired) electrons. The molecule has 0 aromatic rings. The van der Waals surface area contributed by atoms with Gasteiger partial charge in [-0.25, -0.2) is 0 Å². The summed E-state index contributed by atoms with van der Waals surface area (Å²) >= 11 is 0. The standard InChI is InChI=1S/C27H40O6/c1-6-32-23-14-31-13-22(30)27(33-23)16(3)10-20-18-9-15(2)19-11-17(28)7-8-25(19,4)24(18)21(29)12-26(20,27)5/h11,15-16,18,20-21,23-24,29H,6-10,12-14H2,1-5H3/t15-,16-,18-,20-,21-,23?,24+,25-,26-,27-/m0/s1. The zero-order valence-corrected chi connectivity index (χ0v) is 20.8. The van der Waals surface area contributed by atoms with Gasteiger partial charge in [0, 0.05) is 18.4 Å². The first kappa shape index (κ1) is 23.7. The number of aliphatic hydroxyl groups is 1. The Labute approximate surface area is 197 Å². The molecule has 6 heteroatoms. The van der Waals surface area contributed by atoms with Crippen LogP contribution in [0.4, 0.5) is 0 Å². The van der Waals surface area contributed by atoms with E-state index < -0.39 is 23.4 Å². The van der Waals surface area contributed by atoms with Gasteiger partial charge in [0.15, 0.2) is 17.9 Å². The smallest absolute Gasteiger partial charge is 0.191 e. The van der Waals surface area contributed by atoms with Crippen LogP contribution >= 0.6 is 0 Å². The molecule has 1 N–H and O–H groups in total. The van der Waals surface area contributed by atoms with Crippen LogP contribution in [0.25, 0.3) is 0 Å². The normalized spacial score (nSPS) is 52.1. The van der Waals surface area contributed by atoms with Gasteiger partial charge >= 0.3 is 0 Å². The van der Waals surface area contributed by atoms with Gasteiger partial charge in [-0.05, 0) is 73.7 Å². The van der Waals surface area contributed by atoms with Crippen molar-refractivity contribution in [3.8, 4) is 0 Å². The van der Waals surface area contributed by atoms with Gasteiger partial charge < -0.3 is 19.3 Å². The fraction of sp³-hybridized carbons (Fsp3) is 0.852. The van der Waals surface area contributed by atoms with Crippen LogP contribution < -0.4 is 0 Å². The maximum absolute atomic E-state index is 13.7. The Morgan fingerprint density at radius 3 is 2.70 bits per heavy atom. The topological polar surface area (TPSA) is 82.1 Å². The molecule has 0 amide bonds. The Morgan fingerprint density at radius 2 is 1.97 bits per heavy atom. The number of fused-ring (bicyclic) bond motifs is 6. The Balaban J connectivity index is 1.57. The predicted octanol–water partition coefficient (Wildman–Crippen LogP) is 3.70. The van der Waals surface area contributed by atoms with E-state index >= 15 is 0 Å². The molecule has 1 aliphatic heterocycles. The average Bonchev–Trinajstić information content (AvgIpc) is 2.85. The first-order valence-corrected chi connectivity index (χ1v) is 12.9. The van der Waals surface area contributed by atoms with E-state index in [0.29, 0.717) is 25.4 Å². The molecule has 1 saturated heterocycles. The number of aliphatic hydroxyl groups excluding tert-OH is 1. The lowest BCUT2D eigenvalue weighted by Crippen LogP contribution is -2.64. The van der Waals surface area contributed by atoms with Crippen LogP contribution in [0, 0.1) is 40.4 Å². The van der Waals surface area contributed by atoms with Crippen molar-refractivity contribution < 1.29 is 28.9 Å². The number of ether oxygens (including phenoxy) is 3. The third-order valence-corrected chi connectivity index (χ3v) is 10.3. The molecule has 1 spiro atoms. The molecule has 1 heterocycles. The lowest BCUT2D eigenvalue weighted by atomic mass is 9.44. The van der Waals surface area contributed by atoms with Gasteiger partial charge in [0.05, 0.1) is 12.7 Å². The maximum atomic E-state index is 13.7. The van der Waals surface area contributed by atoms with Gasteiger partial charge in [0.25, 0.3) is 0 Å². The number of ketones is 2. The zero-order valence-electron chi connectivity index (χ0n) is 20.8. The van der Waals surface area contributed by atoms with Gasteiger partial charge in [-0.1, -0.05) is 33.3 Å². The molecule has 5 rings (SSSR count). The number of carbonyl (C=O) groups is 2. The highest BCUT2D eigenvalue weighted by atomic mass is 16.7. The van der Waals surface area contributed by atoms with E-state index in [4.69, 9.17) is 14.2 Å². The molecule has 3 saturated carbocycles. The molecule has 0 aromatic carbocycles. The molecule has 5 aliphatic rings. The summed E-state index contributed by atoms with van der Waals surface area (Å²) in [5, 5.41) is 11.8. The van der Waals surface area contributed by atoms with Crippen molar-refractivity contribution >= 4 is 11.6 Å². The van der Waals surface area contributed by atoms with E-state index in [9.17, 15) is 14.7 Å². The van der Waals surface area contributed by atoms with Gasteiger partial charge in [0.1, 0.15) is 12.2 Å². The second kappa shape index (κ2) is 7.97. The quantitative estimate of drug-likeness (QED) is 0.677. The molecule has 6 nitrogen and oxygen atoms in total. The average molecular weight is 461 g/mol. The van der Waals surface area contributed by atoms with E-state index in [1.165, 1.54) is 5.57 Å². The van der Waals surface area contributed by atoms with Crippen molar-refractivity contribution in [1.82, 2.24) is 0 Å². The second-order valence-electron chi connectivity index (χ2n) is 11.9. The lowest BCUT2D eigenvalue weighted by molar-refractivity contribution is -0.258. The number of Topliss-reactive ketones (excluding diaryl/α,β-unsaturated/α-hetero) is 1. The summed E-state index contributed by atoms with van der Waals surface area (Å²) in [5.41, 5.74) is -0.436. The molecule has 4 fully saturated rings. The van der Waals surface area contributed by atoms with Crippen molar-refractivity contribution in [1.29, 1.82) is 0 Å². The summed E-state index contributed by atoms with van der Waals surface area (Å²) in [4.78, 5) is 25.9. The first-order chi connectivity index (χ1) is 15.6. The van der Waals surface area contributed by atoms with Crippen LogP contribution in [0.1, 0.15) is 66.7 Å². The molecule has 33 heavy (non-hydrogen) atoms. The van der Waals surface area contributed by atoms with Crippen molar-refractivity contribution in [3.05, 3.63) is 11.6 Å². The summed E-state index contributed by atoms with van der Waals surface area (Å²) in [6.45, 7) is 11.5. The molecule has 1 unspecified atom stereocenters. The third-order valence-electron chi connectivity index (χ3n) is 10.3. The summed E-state index contributed by atoms with van der Waals surface area (Å²) in [6.07, 6.45) is 4.49. The molecular weight excluding hydrogens is 420 g/mol. The van der Waals surface area contributed by atoms with Gasteiger partial charge in [-0.15, -0.1) is 0 Å². The van der Waals surface area contributed by atoms with Gasteiger partial charge in [-0.3, -0.25) is 9.59 Å². The molecule has 0 bridgehead atoms. The second-order valence-corrected chi connectivity index (χ2v) is 11.9. The highest BCUT2D eigenvalue weighted by Gasteiger charge is 2.72. The van der Waals surface area contributed by atoms with E-state index in [-0.39, 0.29) is 53.9 Å². The molecule has 4 aliphatic carbocycles. The summed E-state index contributed by atoms with van der Waals surface area (Å²) in [7, 11) is 0. The van der Waals surface area contributed by atoms with Crippen LogP contribution in [0.2, 0.25) is 0 Å². The summed E-state index contributed by atoms with van der Waals surface area (Å²) in [6, 6.07) is 0. The van der Waals surface area contributed by atoms with Crippen LogP contribution in [0.3, 0.4) is 0 Å². The van der Waals surface area contributed by atoms with Crippen molar-refractivity contribution in [2.75, 3.05) is 19.8 Å². The Kier molecular flexibility index (Phi) is 5.71. The van der Waals surface area contributed by atoms with Gasteiger partial charge in [0.2, 0.25) is 0 Å². The minimum absolute atomic E-state index is 0.00762. The Hall–Kier alpha value is -1.08. The zero-order chi connectivity index (χ0) is 23.8. The van der Waals surface area contributed by atoms with E-state index in [1.807, 2.05) is 13.0 Å². The maximum Gasteiger partial charge on any atom is 0.191 e. The minimum Gasteiger partial charge on any atom is -0.393 e. The molecule has 184 valence electrons. The molecular formula is C27H40O6. The van der Waals surface area contributed by atoms with Crippen LogP contribution in [0.15, 0.2) is 11.6 Å². The van der Waals surface area contributed by atoms with E-state index in [1.54, 1.807) is 0 Å².